The van der Waals surface area contributed by atoms with Crippen LogP contribution in [-0.4, -0.2) is 37.2 Å². The average Bonchev–Trinajstić information content (AvgIpc) is 3.36. The predicted molar refractivity (Wildman–Crippen MR) is 168 cm³/mol. The summed E-state index contributed by atoms with van der Waals surface area (Å²) in [5, 5.41) is 9.91. The summed E-state index contributed by atoms with van der Waals surface area (Å²) in [7, 11) is 1.77. The minimum absolute atomic E-state index is 0.0746. The molecular formula is C30H32N6O3S2. The number of thiocarbonyl (C=S) groups is 1. The minimum Gasteiger partial charge on any atom is -0.357 e. The largest absolute Gasteiger partial charge is 0.357 e. The van der Waals surface area contributed by atoms with Gasteiger partial charge >= 0.3 is 0 Å². The molecule has 1 amide bonds. The van der Waals surface area contributed by atoms with Gasteiger partial charge in [-0.25, -0.2) is 4.68 Å². The van der Waals surface area contributed by atoms with Crippen LogP contribution in [0.15, 0.2) is 44.8 Å². The number of anilines is 2. The summed E-state index contributed by atoms with van der Waals surface area (Å²) in [4.78, 5) is 44.9. The molecule has 2 aliphatic heterocycles. The summed E-state index contributed by atoms with van der Waals surface area (Å²) < 4.78 is 5.18. The molecule has 0 aliphatic carbocycles. The third-order valence-corrected chi connectivity index (χ3v) is 9.07. The number of amides is 1. The predicted octanol–water partition coefficient (Wildman–Crippen LogP) is 4.63. The molecule has 0 bridgehead atoms. The fourth-order valence-corrected chi connectivity index (χ4v) is 6.88. The molecule has 5 rings (SSSR count). The molecule has 2 aromatic heterocycles. The van der Waals surface area contributed by atoms with Crippen LogP contribution < -0.4 is 20.9 Å². The second-order valence-corrected chi connectivity index (χ2v) is 12.0. The molecule has 0 spiro atoms. The number of nitrogens with zero attached hydrogens (tertiary/aromatic N) is 6. The van der Waals surface area contributed by atoms with Crippen molar-refractivity contribution in [3.63, 3.8) is 0 Å². The Hall–Kier alpha value is -3.88. The van der Waals surface area contributed by atoms with E-state index in [9.17, 15) is 19.6 Å². The van der Waals surface area contributed by atoms with Crippen LogP contribution in [0, 0.1) is 25.2 Å². The van der Waals surface area contributed by atoms with E-state index in [4.69, 9.17) is 12.2 Å². The second kappa shape index (κ2) is 11.5. The van der Waals surface area contributed by atoms with Crippen molar-refractivity contribution < 1.29 is 4.79 Å². The highest BCUT2D eigenvalue weighted by atomic mass is 32.2. The van der Waals surface area contributed by atoms with Gasteiger partial charge in [0.05, 0.1) is 16.3 Å². The Morgan fingerprint density at radius 1 is 1.05 bits per heavy atom. The molecule has 41 heavy (non-hydrogen) atoms. The van der Waals surface area contributed by atoms with Crippen LogP contribution in [-0.2, 0) is 18.4 Å². The topological polar surface area (TPSA) is 96.3 Å². The Kier molecular flexibility index (Phi) is 8.07. The van der Waals surface area contributed by atoms with Crippen LogP contribution in [0.3, 0.4) is 0 Å². The summed E-state index contributed by atoms with van der Waals surface area (Å²) in [6.45, 7) is 7.58. The van der Waals surface area contributed by atoms with E-state index in [2.05, 4.69) is 11.0 Å². The molecule has 3 aromatic rings. The van der Waals surface area contributed by atoms with Gasteiger partial charge < -0.3 is 4.90 Å². The number of thioether (sulfide) groups is 1. The first-order valence-electron chi connectivity index (χ1n) is 13.8. The number of benzene rings is 1. The Labute approximate surface area is 248 Å². The van der Waals surface area contributed by atoms with Crippen molar-refractivity contribution >= 4 is 51.8 Å². The number of carbonyl (C=O) groups excluding carboxylic acids is 1. The van der Waals surface area contributed by atoms with E-state index >= 15 is 0 Å². The number of rotatable bonds is 6. The van der Waals surface area contributed by atoms with E-state index in [-0.39, 0.29) is 26.7 Å². The molecule has 9 nitrogen and oxygen atoms in total. The number of nitriles is 1. The zero-order valence-corrected chi connectivity index (χ0v) is 25.3. The first kappa shape index (κ1) is 28.6. The van der Waals surface area contributed by atoms with Crippen molar-refractivity contribution in [1.29, 1.82) is 5.26 Å². The molecule has 0 atom stereocenters. The lowest BCUT2D eigenvalue weighted by Crippen LogP contribution is -2.37. The highest BCUT2D eigenvalue weighted by Crippen LogP contribution is 2.39. The van der Waals surface area contributed by atoms with Gasteiger partial charge in [-0.3, -0.25) is 28.5 Å². The number of hydrogen-bond acceptors (Lipinski definition) is 7. The monoisotopic (exact) mass is 588 g/mol. The van der Waals surface area contributed by atoms with Crippen molar-refractivity contribution in [3.8, 4) is 11.8 Å². The third-order valence-electron chi connectivity index (χ3n) is 7.77. The molecule has 11 heteroatoms. The highest BCUT2D eigenvalue weighted by Gasteiger charge is 2.38. The summed E-state index contributed by atoms with van der Waals surface area (Å²) in [5.41, 5.74) is 2.13. The van der Waals surface area contributed by atoms with Crippen LogP contribution >= 0.6 is 24.0 Å². The maximum atomic E-state index is 14.0. The van der Waals surface area contributed by atoms with Gasteiger partial charge in [-0.15, -0.1) is 0 Å². The lowest BCUT2D eigenvalue weighted by Gasteiger charge is -2.33. The molecule has 2 fully saturated rings. The molecule has 0 N–H and O–H groups in total. The van der Waals surface area contributed by atoms with Crippen LogP contribution in [0.5, 0.6) is 0 Å². The van der Waals surface area contributed by atoms with Crippen molar-refractivity contribution in [2.75, 3.05) is 22.9 Å². The van der Waals surface area contributed by atoms with Crippen molar-refractivity contribution in [2.24, 2.45) is 7.05 Å². The maximum Gasteiger partial charge on any atom is 0.296 e. The molecule has 4 heterocycles. The summed E-state index contributed by atoms with van der Waals surface area (Å²) in [6, 6.07) is 11.3. The normalized spacial score (nSPS) is 16.6. The van der Waals surface area contributed by atoms with Crippen LogP contribution in [0.1, 0.15) is 55.0 Å². The summed E-state index contributed by atoms with van der Waals surface area (Å²) in [5.74, 6) is 0.336. The minimum atomic E-state index is -0.401. The molecule has 0 saturated carbocycles. The van der Waals surface area contributed by atoms with Gasteiger partial charge in [-0.05, 0) is 63.3 Å². The summed E-state index contributed by atoms with van der Waals surface area (Å²) >= 11 is 6.78. The van der Waals surface area contributed by atoms with Gasteiger partial charge in [0, 0.05) is 32.2 Å². The number of carbonyl (C=O) groups is 1. The van der Waals surface area contributed by atoms with Gasteiger partial charge in [0.25, 0.3) is 17.0 Å². The third kappa shape index (κ3) is 4.85. The molecular weight excluding hydrogens is 557 g/mol. The molecule has 212 valence electrons. The van der Waals surface area contributed by atoms with Gasteiger partial charge in [0.2, 0.25) is 0 Å². The smallest absolute Gasteiger partial charge is 0.296 e. The summed E-state index contributed by atoms with van der Waals surface area (Å²) in [6.07, 6.45) is 5.59. The molecule has 2 aliphatic rings. The lowest BCUT2D eigenvalue weighted by molar-refractivity contribution is -0.113. The Morgan fingerprint density at radius 2 is 1.73 bits per heavy atom. The lowest BCUT2D eigenvalue weighted by atomic mass is 10.0. The van der Waals surface area contributed by atoms with E-state index in [1.165, 1.54) is 9.58 Å². The first-order valence-corrected chi connectivity index (χ1v) is 15.0. The van der Waals surface area contributed by atoms with Crippen LogP contribution in [0.2, 0.25) is 0 Å². The number of pyridine rings is 1. The first-order chi connectivity index (χ1) is 19.7. The molecule has 0 unspecified atom stereocenters. The fraction of sp³-hybridized carbons (Fsp3) is 0.367. The Morgan fingerprint density at radius 3 is 2.37 bits per heavy atom. The fourth-order valence-electron chi connectivity index (χ4n) is 5.62. The van der Waals surface area contributed by atoms with Crippen molar-refractivity contribution in [3.05, 3.63) is 78.3 Å². The van der Waals surface area contributed by atoms with E-state index in [1.54, 1.807) is 36.2 Å². The zero-order valence-electron chi connectivity index (χ0n) is 23.6. The second-order valence-electron chi connectivity index (χ2n) is 10.3. The number of para-hydroxylation sites is 1. The van der Waals surface area contributed by atoms with Crippen molar-refractivity contribution in [1.82, 2.24) is 13.9 Å². The highest BCUT2D eigenvalue weighted by molar-refractivity contribution is 8.27. The molecule has 1 aromatic carbocycles. The SMILES string of the molecule is CCCn1c(N2CCCCC2)c(/C=C2/SC(=S)N(c3c(C)n(C)n(-c4ccccc4)c3=O)C2=O)c(C)c(C#N)c1=O. The zero-order chi connectivity index (χ0) is 29.4. The maximum absolute atomic E-state index is 14.0. The van der Waals surface area contributed by atoms with E-state index in [0.717, 1.165) is 56.4 Å². The van der Waals surface area contributed by atoms with Crippen molar-refractivity contribution in [2.45, 2.75) is 53.0 Å². The van der Waals surface area contributed by atoms with Crippen LogP contribution in [0.4, 0.5) is 11.5 Å². The van der Waals surface area contributed by atoms with Gasteiger partial charge in [0.15, 0.2) is 4.32 Å². The average molecular weight is 589 g/mol. The van der Waals surface area contributed by atoms with Gasteiger partial charge in [-0.2, -0.15) is 5.26 Å². The number of aromatic nitrogens is 3. The van der Waals surface area contributed by atoms with Crippen LogP contribution in [0.25, 0.3) is 11.8 Å². The van der Waals surface area contributed by atoms with Gasteiger partial charge in [-0.1, -0.05) is 49.1 Å². The number of hydrogen-bond donors (Lipinski definition) is 0. The molecule has 0 radical (unpaired) electrons. The van der Waals surface area contributed by atoms with E-state index in [0.29, 0.717) is 34.0 Å². The quantitative estimate of drug-likeness (QED) is 0.306. The van der Waals surface area contributed by atoms with E-state index < -0.39 is 5.91 Å². The standard InChI is InChI=1S/C30H32N6O3S2/c1-5-14-34-26(33-15-10-7-11-16-33)22(19(2)23(18-31)27(34)37)17-24-28(38)35(30(40)41-24)25-20(3)32(4)36(29(25)39)21-12-8-6-9-13-21/h6,8-9,12-13,17H,5,7,10-11,14-16H2,1-4H3/b24-17+. The molecule has 2 saturated heterocycles. The van der Waals surface area contributed by atoms with Gasteiger partial charge in [0.1, 0.15) is 23.1 Å². The number of piperidine rings is 1. The Balaban J connectivity index is 1.66. The van der Waals surface area contributed by atoms with E-state index in [1.807, 2.05) is 37.3 Å². The Bertz CT molecular complexity index is 1740.